The first-order valence-electron chi connectivity index (χ1n) is 8.65. The van der Waals surface area contributed by atoms with Crippen LogP contribution in [0.4, 0.5) is 0 Å². The highest BCUT2D eigenvalue weighted by Gasteiger charge is 2.38. The fourth-order valence-corrected chi connectivity index (χ4v) is 4.00. The van der Waals surface area contributed by atoms with Gasteiger partial charge in [0, 0.05) is 49.6 Å². The number of carbonyl (C=O) groups is 2. The van der Waals surface area contributed by atoms with Gasteiger partial charge in [0.05, 0.1) is 6.04 Å². The van der Waals surface area contributed by atoms with Gasteiger partial charge in [-0.05, 0) is 30.9 Å². The number of hydrogen-bond acceptors (Lipinski definition) is 4. The predicted molar refractivity (Wildman–Crippen MR) is 90.8 cm³/mol. The van der Waals surface area contributed by atoms with E-state index in [4.69, 9.17) is 0 Å². The molecule has 0 unspecified atom stereocenters. The summed E-state index contributed by atoms with van der Waals surface area (Å²) in [6.07, 6.45) is 6.85. The summed E-state index contributed by atoms with van der Waals surface area (Å²) in [5.74, 6) is -0.0438. The Hall–Kier alpha value is -2.70. The molecule has 4 rings (SSSR count). The lowest BCUT2D eigenvalue weighted by molar-refractivity contribution is -0.127. The Bertz CT molecular complexity index is 801. The highest BCUT2D eigenvalue weighted by atomic mass is 16.2. The molecule has 1 aliphatic carbocycles. The average Bonchev–Trinajstić information content (AvgIpc) is 3.29. The molecule has 7 nitrogen and oxygen atoms in total. The van der Waals surface area contributed by atoms with E-state index in [9.17, 15) is 9.59 Å². The van der Waals surface area contributed by atoms with Gasteiger partial charge in [-0.25, -0.2) is 0 Å². The second kappa shape index (κ2) is 6.31. The van der Waals surface area contributed by atoms with Gasteiger partial charge in [0.1, 0.15) is 0 Å². The zero-order chi connectivity index (χ0) is 17.4. The zero-order valence-electron chi connectivity index (χ0n) is 14.2. The van der Waals surface area contributed by atoms with E-state index in [1.54, 1.807) is 17.3 Å². The first kappa shape index (κ1) is 15.8. The SMILES string of the molecule is CN1C(=O)C[C@@H](CNC(=O)c2n[nH]c3c2CCC3)[C@@H]1c1cccnc1. The van der Waals surface area contributed by atoms with E-state index in [2.05, 4.69) is 20.5 Å². The van der Waals surface area contributed by atoms with Crippen LogP contribution in [-0.2, 0) is 17.6 Å². The van der Waals surface area contributed by atoms with Gasteiger partial charge in [-0.15, -0.1) is 0 Å². The van der Waals surface area contributed by atoms with Crippen LogP contribution in [0.2, 0.25) is 0 Å². The molecule has 0 spiro atoms. The number of hydrogen-bond donors (Lipinski definition) is 2. The Kier molecular flexibility index (Phi) is 3.99. The van der Waals surface area contributed by atoms with Crippen molar-refractivity contribution in [2.75, 3.05) is 13.6 Å². The summed E-state index contributed by atoms with van der Waals surface area (Å²) in [5, 5.41) is 10.1. The Morgan fingerprint density at radius 1 is 1.44 bits per heavy atom. The first-order chi connectivity index (χ1) is 12.1. The lowest BCUT2D eigenvalue weighted by Crippen LogP contribution is -2.33. The highest BCUT2D eigenvalue weighted by Crippen LogP contribution is 2.36. The summed E-state index contributed by atoms with van der Waals surface area (Å²) in [5.41, 5.74) is 3.62. The summed E-state index contributed by atoms with van der Waals surface area (Å²) in [7, 11) is 1.81. The van der Waals surface area contributed by atoms with E-state index in [0.717, 1.165) is 36.1 Å². The van der Waals surface area contributed by atoms with Gasteiger partial charge in [0.25, 0.3) is 5.91 Å². The van der Waals surface area contributed by atoms with Crippen LogP contribution in [0.3, 0.4) is 0 Å². The van der Waals surface area contributed by atoms with Gasteiger partial charge in [0.2, 0.25) is 5.91 Å². The Morgan fingerprint density at radius 3 is 3.12 bits per heavy atom. The third kappa shape index (κ3) is 2.79. The molecule has 3 heterocycles. The maximum absolute atomic E-state index is 12.5. The smallest absolute Gasteiger partial charge is 0.272 e. The number of aromatic amines is 1. The number of nitrogens with zero attached hydrogens (tertiary/aromatic N) is 3. The van der Waals surface area contributed by atoms with E-state index in [-0.39, 0.29) is 23.8 Å². The van der Waals surface area contributed by atoms with Crippen LogP contribution in [0, 0.1) is 5.92 Å². The lowest BCUT2D eigenvalue weighted by atomic mass is 9.94. The monoisotopic (exact) mass is 339 g/mol. The van der Waals surface area contributed by atoms with Gasteiger partial charge in [-0.2, -0.15) is 5.10 Å². The fourth-order valence-electron chi connectivity index (χ4n) is 4.00. The number of rotatable bonds is 4. The first-order valence-corrected chi connectivity index (χ1v) is 8.65. The zero-order valence-corrected chi connectivity index (χ0v) is 14.2. The molecular weight excluding hydrogens is 318 g/mol. The standard InChI is InChI=1S/C18H21N5O2/c1-23-15(24)8-12(17(23)11-4-3-7-19-9-11)10-20-18(25)16-13-5-2-6-14(13)21-22-16/h3-4,7,9,12,17H,2,5-6,8,10H2,1H3,(H,20,25)(H,21,22)/t12-,17-/m0/s1. The molecule has 2 aromatic rings. The largest absolute Gasteiger partial charge is 0.350 e. The minimum Gasteiger partial charge on any atom is -0.350 e. The van der Waals surface area contributed by atoms with Crippen LogP contribution < -0.4 is 5.32 Å². The van der Waals surface area contributed by atoms with Crippen molar-refractivity contribution in [1.82, 2.24) is 25.4 Å². The predicted octanol–water partition coefficient (Wildman–Crippen LogP) is 1.24. The Balaban J connectivity index is 1.47. The highest BCUT2D eigenvalue weighted by molar-refractivity contribution is 5.94. The molecule has 2 N–H and O–H groups in total. The number of pyridine rings is 1. The number of H-pyrrole nitrogens is 1. The van der Waals surface area contributed by atoms with Crippen LogP contribution in [0.25, 0.3) is 0 Å². The number of aryl methyl sites for hydroxylation is 1. The molecule has 2 aliphatic rings. The third-order valence-corrected chi connectivity index (χ3v) is 5.27. The fraction of sp³-hybridized carbons (Fsp3) is 0.444. The van der Waals surface area contributed by atoms with Gasteiger partial charge in [-0.1, -0.05) is 6.07 Å². The summed E-state index contributed by atoms with van der Waals surface area (Å²) in [4.78, 5) is 30.6. The van der Waals surface area contributed by atoms with Gasteiger partial charge in [0.15, 0.2) is 5.69 Å². The average molecular weight is 339 g/mol. The lowest BCUT2D eigenvalue weighted by Gasteiger charge is -2.25. The third-order valence-electron chi connectivity index (χ3n) is 5.27. The number of amides is 2. The molecule has 0 aromatic carbocycles. The molecule has 1 saturated heterocycles. The number of nitrogens with one attached hydrogen (secondary N) is 2. The van der Waals surface area contributed by atoms with E-state index < -0.39 is 0 Å². The van der Waals surface area contributed by atoms with E-state index in [1.165, 1.54) is 0 Å². The second-order valence-corrected chi connectivity index (χ2v) is 6.79. The molecule has 0 radical (unpaired) electrons. The minimum atomic E-state index is -0.161. The van der Waals surface area contributed by atoms with Crippen LogP contribution in [-0.4, -0.2) is 45.5 Å². The maximum atomic E-state index is 12.5. The summed E-state index contributed by atoms with van der Waals surface area (Å²) < 4.78 is 0. The summed E-state index contributed by atoms with van der Waals surface area (Å²) >= 11 is 0. The topological polar surface area (TPSA) is 91.0 Å². The second-order valence-electron chi connectivity index (χ2n) is 6.79. The van der Waals surface area contributed by atoms with Crippen molar-refractivity contribution >= 4 is 11.8 Å². The minimum absolute atomic E-state index is 0.0256. The molecule has 25 heavy (non-hydrogen) atoms. The molecule has 2 atom stereocenters. The van der Waals surface area contributed by atoms with Crippen molar-refractivity contribution < 1.29 is 9.59 Å². The number of likely N-dealkylation sites (tertiary alicyclic amines) is 1. The number of carbonyl (C=O) groups excluding carboxylic acids is 2. The van der Waals surface area contributed by atoms with Crippen LogP contribution in [0.5, 0.6) is 0 Å². The van der Waals surface area contributed by atoms with Crippen LogP contribution in [0.15, 0.2) is 24.5 Å². The Labute approximate surface area is 145 Å². The van der Waals surface area contributed by atoms with Crippen LogP contribution in [0.1, 0.15) is 46.2 Å². The van der Waals surface area contributed by atoms with Crippen molar-refractivity contribution in [3.63, 3.8) is 0 Å². The molecule has 2 amide bonds. The van der Waals surface area contributed by atoms with E-state index in [1.807, 2.05) is 19.2 Å². The van der Waals surface area contributed by atoms with E-state index in [0.29, 0.717) is 18.7 Å². The number of fused-ring (bicyclic) bond motifs is 1. The molecule has 2 aromatic heterocycles. The summed E-state index contributed by atoms with van der Waals surface area (Å²) in [6, 6.07) is 3.78. The molecule has 7 heteroatoms. The number of aromatic nitrogens is 3. The molecule has 0 saturated carbocycles. The van der Waals surface area contributed by atoms with E-state index >= 15 is 0 Å². The van der Waals surface area contributed by atoms with Crippen molar-refractivity contribution in [2.45, 2.75) is 31.7 Å². The van der Waals surface area contributed by atoms with Crippen LogP contribution >= 0.6 is 0 Å². The quantitative estimate of drug-likeness (QED) is 0.877. The maximum Gasteiger partial charge on any atom is 0.272 e. The van der Waals surface area contributed by atoms with Gasteiger partial charge >= 0.3 is 0 Å². The molecule has 1 aliphatic heterocycles. The molecule has 130 valence electrons. The van der Waals surface area contributed by atoms with Crippen molar-refractivity contribution in [3.8, 4) is 0 Å². The summed E-state index contributed by atoms with van der Waals surface area (Å²) in [6.45, 7) is 0.441. The molecular formula is C18H21N5O2. The van der Waals surface area contributed by atoms with Crippen molar-refractivity contribution in [3.05, 3.63) is 47.0 Å². The normalized spacial score (nSPS) is 22.3. The van der Waals surface area contributed by atoms with Gasteiger partial charge in [-0.3, -0.25) is 19.7 Å². The Morgan fingerprint density at radius 2 is 2.32 bits per heavy atom. The van der Waals surface area contributed by atoms with Gasteiger partial charge < -0.3 is 10.2 Å². The van der Waals surface area contributed by atoms with Crippen molar-refractivity contribution in [1.29, 1.82) is 0 Å². The van der Waals surface area contributed by atoms with Crippen molar-refractivity contribution in [2.24, 2.45) is 5.92 Å². The molecule has 1 fully saturated rings. The molecule has 0 bridgehead atoms.